The molecule has 4 aromatic rings. The molecule has 1 N–H and O–H groups in total. The van der Waals surface area contributed by atoms with E-state index in [1.807, 2.05) is 43.3 Å². The average Bonchev–Trinajstić information content (AvgIpc) is 3.11. The number of carbonyl (C=O) groups excluding carboxylic acids is 3. The van der Waals surface area contributed by atoms with Crippen LogP contribution in [-0.2, 0) is 22.8 Å². The molecular formula is C37H35ClN2O9. The number of urea groups is 1. The third-order valence-corrected chi connectivity index (χ3v) is 7.66. The highest BCUT2D eigenvalue weighted by atomic mass is 35.5. The first kappa shape index (κ1) is 34.6. The second kappa shape index (κ2) is 15.9. The van der Waals surface area contributed by atoms with Gasteiger partial charge < -0.3 is 28.4 Å². The van der Waals surface area contributed by atoms with Crippen molar-refractivity contribution in [3.8, 4) is 34.5 Å². The minimum atomic E-state index is -0.900. The zero-order valence-corrected chi connectivity index (χ0v) is 28.2. The lowest BCUT2D eigenvalue weighted by Crippen LogP contribution is -2.54. The van der Waals surface area contributed by atoms with E-state index >= 15 is 0 Å². The smallest absolute Gasteiger partial charge is 0.335 e. The molecule has 0 aliphatic carbocycles. The number of methoxy groups -OCH3 is 3. The van der Waals surface area contributed by atoms with Gasteiger partial charge >= 0.3 is 6.03 Å². The summed E-state index contributed by atoms with van der Waals surface area (Å²) < 4.78 is 34.2. The molecule has 0 aromatic heterocycles. The summed E-state index contributed by atoms with van der Waals surface area (Å²) >= 11 is 6.63. The predicted molar refractivity (Wildman–Crippen MR) is 184 cm³/mol. The van der Waals surface area contributed by atoms with E-state index in [1.54, 1.807) is 31.4 Å². The molecule has 254 valence electrons. The van der Waals surface area contributed by atoms with E-state index in [0.29, 0.717) is 41.8 Å². The summed E-state index contributed by atoms with van der Waals surface area (Å²) in [7, 11) is 4.45. The Kier molecular flexibility index (Phi) is 11.3. The zero-order chi connectivity index (χ0) is 34.9. The average molecular weight is 687 g/mol. The molecule has 12 heteroatoms. The molecule has 0 unspecified atom stereocenters. The number of imide groups is 2. The fraction of sp³-hybridized carbons (Fsp3) is 0.216. The first-order chi connectivity index (χ1) is 23.8. The van der Waals surface area contributed by atoms with Crippen molar-refractivity contribution in [1.82, 2.24) is 5.32 Å². The van der Waals surface area contributed by atoms with Gasteiger partial charge in [-0.1, -0.05) is 54.9 Å². The van der Waals surface area contributed by atoms with E-state index in [4.69, 9.17) is 40.0 Å². The van der Waals surface area contributed by atoms with E-state index in [0.717, 1.165) is 22.4 Å². The Morgan fingerprint density at radius 3 is 2.10 bits per heavy atom. The Hall–Kier alpha value is -5.68. The van der Waals surface area contributed by atoms with E-state index in [1.165, 1.54) is 38.5 Å². The minimum absolute atomic E-state index is 0.121. The molecule has 11 nitrogen and oxygen atoms in total. The number of nitrogens with one attached hydrogen (secondary N) is 1. The van der Waals surface area contributed by atoms with Crippen LogP contribution in [0.2, 0.25) is 5.02 Å². The predicted octanol–water partition coefficient (Wildman–Crippen LogP) is 6.98. The summed E-state index contributed by atoms with van der Waals surface area (Å²) in [5.74, 6) is 0.729. The quantitative estimate of drug-likeness (QED) is 0.111. The van der Waals surface area contributed by atoms with Crippen molar-refractivity contribution in [1.29, 1.82) is 0 Å². The van der Waals surface area contributed by atoms with Gasteiger partial charge in [-0.3, -0.25) is 14.9 Å². The second-order valence-corrected chi connectivity index (χ2v) is 11.1. The SMILES string of the molecule is CCCOc1ccc(N2C(=O)NC(=O)/C(=C/c3cc(Cl)c(OCc4ccc(OCc5ccccc5)c(OC)c4)c(OC)c3)C2=O)cc1OC. The summed E-state index contributed by atoms with van der Waals surface area (Å²) in [6, 6.07) is 22.1. The lowest BCUT2D eigenvalue weighted by molar-refractivity contribution is -0.122. The summed E-state index contributed by atoms with van der Waals surface area (Å²) in [5, 5.41) is 2.39. The molecule has 0 bridgehead atoms. The number of anilines is 1. The topological polar surface area (TPSA) is 122 Å². The number of nitrogens with zero attached hydrogens (tertiary/aromatic N) is 1. The molecule has 0 radical (unpaired) electrons. The van der Waals surface area contributed by atoms with Gasteiger partial charge in [0.1, 0.15) is 18.8 Å². The van der Waals surface area contributed by atoms with E-state index in [2.05, 4.69) is 5.32 Å². The van der Waals surface area contributed by atoms with Crippen LogP contribution >= 0.6 is 11.6 Å². The zero-order valence-electron chi connectivity index (χ0n) is 27.4. The van der Waals surface area contributed by atoms with Crippen LogP contribution in [0.25, 0.3) is 6.08 Å². The van der Waals surface area contributed by atoms with Gasteiger partial charge in [0.15, 0.2) is 34.5 Å². The summed E-state index contributed by atoms with van der Waals surface area (Å²) in [4.78, 5) is 40.1. The molecule has 1 aliphatic rings. The first-order valence-electron chi connectivity index (χ1n) is 15.3. The van der Waals surface area contributed by atoms with E-state index < -0.39 is 17.8 Å². The molecule has 1 fully saturated rings. The molecule has 0 saturated carbocycles. The number of ether oxygens (including phenoxy) is 6. The Labute approximate surface area is 288 Å². The maximum Gasteiger partial charge on any atom is 0.335 e. The third kappa shape index (κ3) is 8.07. The Morgan fingerprint density at radius 1 is 0.714 bits per heavy atom. The number of hydrogen-bond donors (Lipinski definition) is 1. The second-order valence-electron chi connectivity index (χ2n) is 10.7. The minimum Gasteiger partial charge on any atom is -0.493 e. The summed E-state index contributed by atoms with van der Waals surface area (Å²) in [6.45, 7) is 2.94. The highest BCUT2D eigenvalue weighted by Crippen LogP contribution is 2.39. The standard InChI is InChI=1S/C37H35ClN2O9/c1-5-15-47-29-14-12-26(20-32(29)45-3)40-36(42)27(35(41)39-37(40)43)16-25-17-28(38)34(33(19-25)46-4)49-22-24-11-13-30(31(18-24)44-2)48-21-23-9-7-6-8-10-23/h6-14,16-20H,5,15,21-22H2,1-4H3,(H,39,41,43)/b27-16-. The number of carbonyl (C=O) groups is 3. The lowest BCUT2D eigenvalue weighted by atomic mass is 10.1. The van der Waals surface area contributed by atoms with E-state index in [-0.39, 0.29) is 34.4 Å². The maximum atomic E-state index is 13.6. The van der Waals surface area contributed by atoms with Crippen molar-refractivity contribution in [2.45, 2.75) is 26.6 Å². The molecule has 1 saturated heterocycles. The fourth-order valence-corrected chi connectivity index (χ4v) is 5.23. The largest absolute Gasteiger partial charge is 0.493 e. The van der Waals surface area contributed by atoms with Gasteiger partial charge in [-0.25, -0.2) is 9.69 Å². The van der Waals surface area contributed by atoms with Crippen LogP contribution in [-0.4, -0.2) is 45.8 Å². The van der Waals surface area contributed by atoms with Crippen molar-refractivity contribution in [2.24, 2.45) is 0 Å². The molecule has 1 heterocycles. The first-order valence-corrected chi connectivity index (χ1v) is 15.7. The molecule has 5 rings (SSSR count). The van der Waals surface area contributed by atoms with Crippen LogP contribution in [0, 0.1) is 0 Å². The monoisotopic (exact) mass is 686 g/mol. The molecule has 1 aliphatic heterocycles. The molecule has 0 atom stereocenters. The number of benzene rings is 4. The van der Waals surface area contributed by atoms with Gasteiger partial charge in [-0.15, -0.1) is 0 Å². The van der Waals surface area contributed by atoms with Crippen LogP contribution in [0.1, 0.15) is 30.0 Å². The van der Waals surface area contributed by atoms with Crippen LogP contribution in [0.4, 0.5) is 10.5 Å². The molecule has 49 heavy (non-hydrogen) atoms. The Morgan fingerprint density at radius 2 is 1.39 bits per heavy atom. The van der Waals surface area contributed by atoms with Crippen molar-refractivity contribution < 1.29 is 42.8 Å². The van der Waals surface area contributed by atoms with Gasteiger partial charge in [0.25, 0.3) is 11.8 Å². The highest BCUT2D eigenvalue weighted by Gasteiger charge is 2.37. The van der Waals surface area contributed by atoms with E-state index in [9.17, 15) is 14.4 Å². The molecule has 4 aromatic carbocycles. The van der Waals surface area contributed by atoms with Crippen LogP contribution in [0.5, 0.6) is 34.5 Å². The Balaban J connectivity index is 1.34. The fourth-order valence-electron chi connectivity index (χ4n) is 4.96. The van der Waals surface area contributed by atoms with Crippen LogP contribution in [0.3, 0.4) is 0 Å². The lowest BCUT2D eigenvalue weighted by Gasteiger charge is -2.27. The number of amides is 4. The number of rotatable bonds is 14. The maximum absolute atomic E-state index is 13.6. The Bertz CT molecular complexity index is 1880. The van der Waals surface area contributed by atoms with Gasteiger partial charge in [-0.05, 0) is 65.6 Å². The summed E-state index contributed by atoms with van der Waals surface area (Å²) in [6.07, 6.45) is 2.11. The van der Waals surface area contributed by atoms with Gasteiger partial charge in [0.2, 0.25) is 0 Å². The van der Waals surface area contributed by atoms with Gasteiger partial charge in [-0.2, -0.15) is 0 Å². The molecular weight excluding hydrogens is 652 g/mol. The van der Waals surface area contributed by atoms with Gasteiger partial charge in [0, 0.05) is 6.07 Å². The molecule has 4 amide bonds. The number of halogens is 1. The van der Waals surface area contributed by atoms with Crippen molar-refractivity contribution >= 4 is 41.2 Å². The van der Waals surface area contributed by atoms with Crippen LogP contribution < -0.4 is 38.6 Å². The van der Waals surface area contributed by atoms with Crippen LogP contribution in [0.15, 0.2) is 84.4 Å². The van der Waals surface area contributed by atoms with Crippen molar-refractivity contribution in [3.63, 3.8) is 0 Å². The number of barbiturate groups is 1. The summed E-state index contributed by atoms with van der Waals surface area (Å²) in [5.41, 5.74) is 2.07. The third-order valence-electron chi connectivity index (χ3n) is 7.38. The van der Waals surface area contributed by atoms with Crippen molar-refractivity contribution in [2.75, 3.05) is 32.8 Å². The number of hydrogen-bond acceptors (Lipinski definition) is 9. The molecule has 0 spiro atoms. The highest BCUT2D eigenvalue weighted by molar-refractivity contribution is 6.39. The normalized spacial score (nSPS) is 13.6. The van der Waals surface area contributed by atoms with Gasteiger partial charge in [0.05, 0.1) is 38.6 Å². The van der Waals surface area contributed by atoms with Crippen molar-refractivity contribution in [3.05, 3.63) is 106 Å².